The highest BCUT2D eigenvalue weighted by Crippen LogP contribution is 2.21. The van der Waals surface area contributed by atoms with E-state index in [0.29, 0.717) is 0 Å². The number of rotatable bonds is 3. The lowest BCUT2D eigenvalue weighted by Gasteiger charge is -2.35. The molecule has 0 saturated heterocycles. The first-order chi connectivity index (χ1) is 8.54. The van der Waals surface area contributed by atoms with Crippen LogP contribution in [0.25, 0.3) is 0 Å². The number of nitrogens with one attached hydrogen (secondary N) is 1. The van der Waals surface area contributed by atoms with E-state index in [1.165, 1.54) is 11.1 Å². The zero-order valence-electron chi connectivity index (χ0n) is 11.5. The van der Waals surface area contributed by atoms with Gasteiger partial charge >= 0.3 is 0 Å². The number of amides is 1. The SMILES string of the molecule is CCNC(C)(C)C(=O)N1CCc2ccccc2C1. The van der Waals surface area contributed by atoms with Crippen LogP contribution in [0.15, 0.2) is 24.3 Å². The van der Waals surface area contributed by atoms with Gasteiger partial charge in [-0.15, -0.1) is 0 Å². The summed E-state index contributed by atoms with van der Waals surface area (Å²) in [7, 11) is 0. The molecule has 0 bridgehead atoms. The molecule has 98 valence electrons. The fraction of sp³-hybridized carbons (Fsp3) is 0.533. The Morgan fingerprint density at radius 3 is 2.67 bits per heavy atom. The van der Waals surface area contributed by atoms with Crippen molar-refractivity contribution in [3.05, 3.63) is 35.4 Å². The van der Waals surface area contributed by atoms with Gasteiger partial charge in [-0.25, -0.2) is 0 Å². The molecule has 1 N–H and O–H groups in total. The number of hydrogen-bond acceptors (Lipinski definition) is 2. The largest absolute Gasteiger partial charge is 0.336 e. The van der Waals surface area contributed by atoms with Crippen LogP contribution < -0.4 is 5.32 Å². The first-order valence-electron chi connectivity index (χ1n) is 6.66. The van der Waals surface area contributed by atoms with Gasteiger partial charge in [-0.1, -0.05) is 31.2 Å². The van der Waals surface area contributed by atoms with E-state index in [1.807, 2.05) is 31.7 Å². The summed E-state index contributed by atoms with van der Waals surface area (Å²) in [5.41, 5.74) is 2.19. The van der Waals surface area contributed by atoms with Crippen LogP contribution in [0.4, 0.5) is 0 Å². The smallest absolute Gasteiger partial charge is 0.242 e. The molecular formula is C15H22N2O. The molecule has 0 aromatic heterocycles. The first-order valence-corrected chi connectivity index (χ1v) is 6.66. The van der Waals surface area contributed by atoms with Gasteiger partial charge in [0.2, 0.25) is 5.91 Å². The molecule has 1 aromatic carbocycles. The zero-order valence-corrected chi connectivity index (χ0v) is 11.5. The number of carbonyl (C=O) groups excluding carboxylic acids is 1. The van der Waals surface area contributed by atoms with Crippen molar-refractivity contribution < 1.29 is 4.79 Å². The molecule has 0 radical (unpaired) electrons. The van der Waals surface area contributed by atoms with Crippen LogP contribution in [-0.4, -0.2) is 29.4 Å². The summed E-state index contributed by atoms with van der Waals surface area (Å²) in [6.45, 7) is 8.32. The Balaban J connectivity index is 2.11. The number of likely N-dealkylation sites (N-methyl/N-ethyl adjacent to an activating group) is 1. The monoisotopic (exact) mass is 246 g/mol. The van der Waals surface area contributed by atoms with Crippen molar-refractivity contribution in [3.63, 3.8) is 0 Å². The Kier molecular flexibility index (Phi) is 3.71. The van der Waals surface area contributed by atoms with Crippen molar-refractivity contribution in [2.24, 2.45) is 0 Å². The van der Waals surface area contributed by atoms with E-state index < -0.39 is 5.54 Å². The molecule has 0 fully saturated rings. The van der Waals surface area contributed by atoms with E-state index in [0.717, 1.165) is 26.1 Å². The molecule has 0 spiro atoms. The van der Waals surface area contributed by atoms with E-state index in [9.17, 15) is 4.79 Å². The Labute approximate surface area is 109 Å². The zero-order chi connectivity index (χ0) is 13.2. The standard InChI is InChI=1S/C15H22N2O/c1-4-16-15(2,3)14(18)17-10-9-12-7-5-6-8-13(12)11-17/h5-8,16H,4,9-11H2,1-3H3. The highest BCUT2D eigenvalue weighted by molar-refractivity contribution is 5.85. The second-order valence-corrected chi connectivity index (χ2v) is 5.40. The Morgan fingerprint density at radius 1 is 1.33 bits per heavy atom. The summed E-state index contributed by atoms with van der Waals surface area (Å²) >= 11 is 0. The normalized spacial score (nSPS) is 15.4. The maximum absolute atomic E-state index is 12.5. The molecule has 0 unspecified atom stereocenters. The molecule has 1 heterocycles. The minimum atomic E-state index is -0.471. The highest BCUT2D eigenvalue weighted by Gasteiger charge is 2.32. The van der Waals surface area contributed by atoms with Crippen LogP contribution in [0.1, 0.15) is 31.9 Å². The lowest BCUT2D eigenvalue weighted by Crippen LogP contribution is -2.54. The van der Waals surface area contributed by atoms with E-state index >= 15 is 0 Å². The summed E-state index contributed by atoms with van der Waals surface area (Å²) in [6.07, 6.45) is 0.962. The molecule has 3 heteroatoms. The fourth-order valence-electron chi connectivity index (χ4n) is 2.58. The molecule has 3 nitrogen and oxygen atoms in total. The minimum Gasteiger partial charge on any atom is -0.336 e. The maximum Gasteiger partial charge on any atom is 0.242 e. The van der Waals surface area contributed by atoms with Crippen molar-refractivity contribution in [3.8, 4) is 0 Å². The van der Waals surface area contributed by atoms with Crippen LogP contribution in [0.3, 0.4) is 0 Å². The van der Waals surface area contributed by atoms with Gasteiger partial charge < -0.3 is 10.2 Å². The quantitative estimate of drug-likeness (QED) is 0.884. The molecule has 0 saturated carbocycles. The van der Waals surface area contributed by atoms with Crippen molar-refractivity contribution in [2.75, 3.05) is 13.1 Å². The van der Waals surface area contributed by atoms with Crippen molar-refractivity contribution in [1.82, 2.24) is 10.2 Å². The van der Waals surface area contributed by atoms with E-state index in [2.05, 4.69) is 23.5 Å². The van der Waals surface area contributed by atoms with Gasteiger partial charge in [0.15, 0.2) is 0 Å². The maximum atomic E-state index is 12.5. The third-order valence-electron chi connectivity index (χ3n) is 3.57. The lowest BCUT2D eigenvalue weighted by atomic mass is 9.96. The van der Waals surface area contributed by atoms with Gasteiger partial charge in [0, 0.05) is 13.1 Å². The second-order valence-electron chi connectivity index (χ2n) is 5.40. The minimum absolute atomic E-state index is 0.193. The predicted octanol–water partition coefficient (Wildman–Crippen LogP) is 1.96. The van der Waals surface area contributed by atoms with E-state index in [4.69, 9.17) is 0 Å². The van der Waals surface area contributed by atoms with Gasteiger partial charge in [-0.05, 0) is 37.9 Å². The third kappa shape index (κ3) is 2.56. The van der Waals surface area contributed by atoms with Crippen LogP contribution in [0.2, 0.25) is 0 Å². The van der Waals surface area contributed by atoms with Gasteiger partial charge in [-0.2, -0.15) is 0 Å². The first kappa shape index (κ1) is 13.1. The lowest BCUT2D eigenvalue weighted by molar-refractivity contribution is -0.138. The number of carbonyl (C=O) groups is 1. The number of fused-ring (bicyclic) bond motifs is 1. The van der Waals surface area contributed by atoms with Crippen molar-refractivity contribution in [1.29, 1.82) is 0 Å². The number of nitrogens with zero attached hydrogens (tertiary/aromatic N) is 1. The van der Waals surface area contributed by atoms with Crippen LogP contribution in [0.5, 0.6) is 0 Å². The van der Waals surface area contributed by atoms with Crippen LogP contribution >= 0.6 is 0 Å². The fourth-order valence-corrected chi connectivity index (χ4v) is 2.58. The summed E-state index contributed by atoms with van der Waals surface area (Å²) in [5.74, 6) is 0.193. The predicted molar refractivity (Wildman–Crippen MR) is 73.3 cm³/mol. The van der Waals surface area contributed by atoms with E-state index in [-0.39, 0.29) is 5.91 Å². The second kappa shape index (κ2) is 5.11. The Bertz CT molecular complexity index is 440. The number of benzene rings is 1. The molecule has 0 atom stereocenters. The molecule has 1 aromatic rings. The number of hydrogen-bond donors (Lipinski definition) is 1. The molecule has 1 aliphatic rings. The van der Waals surface area contributed by atoms with Crippen molar-refractivity contribution >= 4 is 5.91 Å². The summed E-state index contributed by atoms with van der Waals surface area (Å²) in [4.78, 5) is 14.4. The summed E-state index contributed by atoms with van der Waals surface area (Å²) < 4.78 is 0. The molecule has 0 aliphatic carbocycles. The average Bonchev–Trinajstić information content (AvgIpc) is 2.37. The molecule has 1 aliphatic heterocycles. The van der Waals surface area contributed by atoms with Gasteiger partial charge in [0.25, 0.3) is 0 Å². The Hall–Kier alpha value is -1.35. The van der Waals surface area contributed by atoms with Crippen LogP contribution in [0, 0.1) is 0 Å². The van der Waals surface area contributed by atoms with Gasteiger partial charge in [0.1, 0.15) is 0 Å². The van der Waals surface area contributed by atoms with E-state index in [1.54, 1.807) is 0 Å². The van der Waals surface area contributed by atoms with Gasteiger partial charge in [0.05, 0.1) is 5.54 Å². The topological polar surface area (TPSA) is 32.3 Å². The molecule has 2 rings (SSSR count). The van der Waals surface area contributed by atoms with Gasteiger partial charge in [-0.3, -0.25) is 4.79 Å². The Morgan fingerprint density at radius 2 is 2.00 bits per heavy atom. The third-order valence-corrected chi connectivity index (χ3v) is 3.57. The molecular weight excluding hydrogens is 224 g/mol. The molecule has 1 amide bonds. The average molecular weight is 246 g/mol. The highest BCUT2D eigenvalue weighted by atomic mass is 16.2. The summed E-state index contributed by atoms with van der Waals surface area (Å²) in [5, 5.41) is 3.25. The van der Waals surface area contributed by atoms with Crippen molar-refractivity contribution in [2.45, 2.75) is 39.3 Å². The molecule has 18 heavy (non-hydrogen) atoms. The summed E-state index contributed by atoms with van der Waals surface area (Å²) in [6, 6.07) is 8.39. The van der Waals surface area contributed by atoms with Crippen LogP contribution in [-0.2, 0) is 17.8 Å².